The Kier molecular flexibility index (Phi) is 3.75. The van der Waals surface area contributed by atoms with E-state index in [1.807, 2.05) is 12.1 Å². The molecule has 0 radical (unpaired) electrons. The van der Waals surface area contributed by atoms with Gasteiger partial charge in [-0.05, 0) is 37.3 Å². The molecule has 1 N–H and O–H groups in total. The minimum atomic E-state index is 0.939. The molecular formula is C27H21N3. The van der Waals surface area contributed by atoms with Crippen molar-refractivity contribution in [3.8, 4) is 0 Å². The van der Waals surface area contributed by atoms with E-state index >= 15 is 0 Å². The molecule has 2 heterocycles. The predicted molar refractivity (Wildman–Crippen MR) is 128 cm³/mol. The molecule has 0 aliphatic carbocycles. The van der Waals surface area contributed by atoms with Crippen LogP contribution in [0.3, 0.4) is 0 Å². The van der Waals surface area contributed by atoms with Gasteiger partial charge in [-0.1, -0.05) is 60.7 Å². The summed E-state index contributed by atoms with van der Waals surface area (Å²) in [5.41, 5.74) is 6.74. The average molecular weight is 387 g/mol. The van der Waals surface area contributed by atoms with Crippen LogP contribution in [0.15, 0.2) is 91.0 Å². The summed E-state index contributed by atoms with van der Waals surface area (Å²) in [6, 6.07) is 32.0. The summed E-state index contributed by atoms with van der Waals surface area (Å²) < 4.78 is 2.39. The minimum absolute atomic E-state index is 0.939. The van der Waals surface area contributed by atoms with Crippen molar-refractivity contribution < 1.29 is 0 Å². The first-order chi connectivity index (χ1) is 14.8. The zero-order valence-electron chi connectivity index (χ0n) is 16.8. The van der Waals surface area contributed by atoms with Gasteiger partial charge < -0.3 is 9.88 Å². The molecule has 0 unspecified atom stereocenters. The number of benzene rings is 4. The van der Waals surface area contributed by atoms with Crippen LogP contribution in [0, 0.1) is 0 Å². The molecule has 0 fully saturated rings. The minimum Gasteiger partial charge on any atom is -0.354 e. The highest BCUT2D eigenvalue weighted by molar-refractivity contribution is 6.11. The van der Waals surface area contributed by atoms with E-state index in [2.05, 4.69) is 95.7 Å². The molecule has 30 heavy (non-hydrogen) atoms. The van der Waals surface area contributed by atoms with E-state index in [1.165, 1.54) is 21.8 Å². The number of para-hydroxylation sites is 3. The standard InChI is InChI=1S/C27H21N3/c1-2-30-25-14-8-5-9-19(25)20-16-15-18(17-26(20)30)28-27-21-10-3-6-12-23(21)29-24-13-7-4-11-22(24)27/h3-17H,2H2,1H3,(H,28,29). The fourth-order valence-electron chi connectivity index (χ4n) is 4.59. The number of hydrogen-bond acceptors (Lipinski definition) is 2. The van der Waals surface area contributed by atoms with Crippen LogP contribution in [0.4, 0.5) is 11.4 Å². The number of anilines is 2. The van der Waals surface area contributed by atoms with Gasteiger partial charge in [0, 0.05) is 39.3 Å². The first-order valence-electron chi connectivity index (χ1n) is 10.4. The lowest BCUT2D eigenvalue weighted by Gasteiger charge is -2.14. The number of nitrogens with one attached hydrogen (secondary N) is 1. The third-order valence-corrected chi connectivity index (χ3v) is 5.95. The quantitative estimate of drug-likeness (QED) is 0.324. The Hall–Kier alpha value is -3.85. The summed E-state index contributed by atoms with van der Waals surface area (Å²) in [7, 11) is 0. The van der Waals surface area contributed by atoms with Gasteiger partial charge >= 0.3 is 0 Å². The van der Waals surface area contributed by atoms with Gasteiger partial charge in [0.25, 0.3) is 0 Å². The number of aromatic nitrogens is 2. The second-order valence-electron chi connectivity index (χ2n) is 7.64. The molecule has 0 amide bonds. The highest BCUT2D eigenvalue weighted by Crippen LogP contribution is 2.35. The van der Waals surface area contributed by atoms with E-state index in [-0.39, 0.29) is 0 Å². The lowest BCUT2D eigenvalue weighted by atomic mass is 10.1. The SMILES string of the molecule is CCn1c2ccccc2c2ccc(Nc3c4ccccc4nc4ccccc34)cc21. The molecule has 3 heteroatoms. The Morgan fingerprint density at radius 2 is 1.27 bits per heavy atom. The maximum absolute atomic E-state index is 4.84. The molecular weight excluding hydrogens is 366 g/mol. The van der Waals surface area contributed by atoms with Crippen molar-refractivity contribution in [2.75, 3.05) is 5.32 Å². The Morgan fingerprint density at radius 3 is 1.97 bits per heavy atom. The third kappa shape index (κ3) is 2.49. The third-order valence-electron chi connectivity index (χ3n) is 5.95. The molecule has 0 aliphatic rings. The van der Waals surface area contributed by atoms with Crippen LogP contribution < -0.4 is 5.32 Å². The van der Waals surface area contributed by atoms with E-state index in [0.29, 0.717) is 0 Å². The molecule has 0 spiro atoms. The molecule has 4 aromatic carbocycles. The van der Waals surface area contributed by atoms with Gasteiger partial charge in [-0.25, -0.2) is 4.98 Å². The van der Waals surface area contributed by atoms with Crippen LogP contribution in [-0.2, 0) is 6.54 Å². The number of fused-ring (bicyclic) bond motifs is 5. The van der Waals surface area contributed by atoms with E-state index in [4.69, 9.17) is 4.98 Å². The summed E-state index contributed by atoms with van der Waals surface area (Å²) in [5, 5.41) is 8.59. The lowest BCUT2D eigenvalue weighted by molar-refractivity contribution is 0.827. The predicted octanol–water partition coefficient (Wildman–Crippen LogP) is 7.26. The summed E-state index contributed by atoms with van der Waals surface area (Å²) in [5.74, 6) is 0. The second-order valence-corrected chi connectivity index (χ2v) is 7.64. The molecule has 6 rings (SSSR count). The molecule has 6 aromatic rings. The molecule has 2 aromatic heterocycles. The zero-order chi connectivity index (χ0) is 20.1. The van der Waals surface area contributed by atoms with Crippen molar-refractivity contribution in [2.24, 2.45) is 0 Å². The molecule has 0 saturated carbocycles. The number of aryl methyl sites for hydroxylation is 1. The largest absolute Gasteiger partial charge is 0.354 e. The molecule has 0 atom stereocenters. The number of hydrogen-bond donors (Lipinski definition) is 1. The van der Waals surface area contributed by atoms with Crippen molar-refractivity contribution in [1.29, 1.82) is 0 Å². The van der Waals surface area contributed by atoms with Crippen LogP contribution in [0.1, 0.15) is 6.92 Å². The summed E-state index contributed by atoms with van der Waals surface area (Å²) in [6.45, 7) is 3.14. The fourth-order valence-corrected chi connectivity index (χ4v) is 4.59. The highest BCUT2D eigenvalue weighted by Gasteiger charge is 2.12. The number of nitrogens with zero attached hydrogens (tertiary/aromatic N) is 2. The van der Waals surface area contributed by atoms with Gasteiger partial charge in [-0.3, -0.25) is 0 Å². The molecule has 0 bridgehead atoms. The second kappa shape index (κ2) is 6.60. The Morgan fingerprint density at radius 1 is 0.667 bits per heavy atom. The van der Waals surface area contributed by atoms with Crippen molar-refractivity contribution in [3.63, 3.8) is 0 Å². The van der Waals surface area contributed by atoms with Crippen LogP contribution in [0.2, 0.25) is 0 Å². The molecule has 0 aliphatic heterocycles. The Balaban J connectivity index is 1.59. The topological polar surface area (TPSA) is 29.9 Å². The number of rotatable bonds is 3. The van der Waals surface area contributed by atoms with Gasteiger partial charge in [0.15, 0.2) is 0 Å². The number of pyridine rings is 1. The van der Waals surface area contributed by atoms with Gasteiger partial charge in [0.1, 0.15) is 0 Å². The van der Waals surface area contributed by atoms with Gasteiger partial charge in [-0.15, -0.1) is 0 Å². The fraction of sp³-hybridized carbons (Fsp3) is 0.0741. The monoisotopic (exact) mass is 387 g/mol. The maximum Gasteiger partial charge on any atom is 0.0730 e. The van der Waals surface area contributed by atoms with Crippen LogP contribution in [0.5, 0.6) is 0 Å². The summed E-state index contributed by atoms with van der Waals surface area (Å²) in [4.78, 5) is 4.84. The molecule has 0 saturated heterocycles. The van der Waals surface area contributed by atoms with Crippen molar-refractivity contribution in [2.45, 2.75) is 13.5 Å². The van der Waals surface area contributed by atoms with Crippen molar-refractivity contribution >= 4 is 55.0 Å². The normalized spacial score (nSPS) is 11.6. The molecule has 144 valence electrons. The summed E-state index contributed by atoms with van der Waals surface area (Å²) >= 11 is 0. The van der Waals surface area contributed by atoms with Crippen LogP contribution >= 0.6 is 0 Å². The van der Waals surface area contributed by atoms with E-state index < -0.39 is 0 Å². The smallest absolute Gasteiger partial charge is 0.0730 e. The first-order valence-corrected chi connectivity index (χ1v) is 10.4. The lowest BCUT2D eigenvalue weighted by Crippen LogP contribution is -1.97. The van der Waals surface area contributed by atoms with Crippen LogP contribution in [-0.4, -0.2) is 9.55 Å². The van der Waals surface area contributed by atoms with Crippen molar-refractivity contribution in [3.05, 3.63) is 91.0 Å². The van der Waals surface area contributed by atoms with E-state index in [9.17, 15) is 0 Å². The zero-order valence-corrected chi connectivity index (χ0v) is 16.8. The summed E-state index contributed by atoms with van der Waals surface area (Å²) in [6.07, 6.45) is 0. The Bertz CT molecular complexity index is 1510. The average Bonchev–Trinajstić information content (AvgIpc) is 3.12. The maximum atomic E-state index is 4.84. The molecule has 3 nitrogen and oxygen atoms in total. The van der Waals surface area contributed by atoms with Gasteiger partial charge in [-0.2, -0.15) is 0 Å². The Labute approximate surface area is 174 Å². The van der Waals surface area contributed by atoms with E-state index in [1.54, 1.807) is 0 Å². The van der Waals surface area contributed by atoms with Crippen LogP contribution in [0.25, 0.3) is 43.6 Å². The highest BCUT2D eigenvalue weighted by atomic mass is 15.0. The van der Waals surface area contributed by atoms with Gasteiger partial charge in [0.2, 0.25) is 0 Å². The van der Waals surface area contributed by atoms with E-state index in [0.717, 1.165) is 39.7 Å². The van der Waals surface area contributed by atoms with Gasteiger partial charge in [0.05, 0.1) is 22.2 Å². The van der Waals surface area contributed by atoms with Crippen molar-refractivity contribution in [1.82, 2.24) is 9.55 Å². The first kappa shape index (κ1) is 17.0.